The van der Waals surface area contributed by atoms with E-state index in [0.29, 0.717) is 44.9 Å². The molecule has 6 nitrogen and oxygen atoms in total. The predicted molar refractivity (Wildman–Crippen MR) is 98.0 cm³/mol. The molecule has 0 unspecified atom stereocenters. The Hall–Kier alpha value is -2.24. The number of carbonyl (C=O) groups excluding carboxylic acids is 2. The summed E-state index contributed by atoms with van der Waals surface area (Å²) < 4.78 is 5.62. The topological polar surface area (TPSA) is 61.9 Å². The lowest BCUT2D eigenvalue weighted by atomic mass is 10.1. The second kappa shape index (κ2) is 9.91. The number of amides is 3. The van der Waals surface area contributed by atoms with E-state index in [1.165, 1.54) is 0 Å². The van der Waals surface area contributed by atoms with Crippen molar-refractivity contribution in [3.05, 3.63) is 29.8 Å². The molecule has 0 aliphatic carbocycles. The molecule has 1 aliphatic rings. The Morgan fingerprint density at radius 2 is 1.64 bits per heavy atom. The largest absolute Gasteiger partial charge is 0.494 e. The zero-order valence-corrected chi connectivity index (χ0v) is 15.3. The molecule has 1 N–H and O–H groups in total. The molecule has 1 aromatic rings. The summed E-state index contributed by atoms with van der Waals surface area (Å²) in [5, 5.41) is 2.87. The van der Waals surface area contributed by atoms with Gasteiger partial charge in [0.25, 0.3) is 5.91 Å². The highest BCUT2D eigenvalue weighted by molar-refractivity contribution is 5.94. The van der Waals surface area contributed by atoms with E-state index in [0.717, 1.165) is 25.0 Å². The third kappa shape index (κ3) is 5.66. The van der Waals surface area contributed by atoms with Gasteiger partial charge in [-0.25, -0.2) is 4.79 Å². The fourth-order valence-corrected chi connectivity index (χ4v) is 2.67. The van der Waals surface area contributed by atoms with Crippen molar-refractivity contribution in [3.63, 3.8) is 0 Å². The van der Waals surface area contributed by atoms with Gasteiger partial charge in [0.05, 0.1) is 6.61 Å². The van der Waals surface area contributed by atoms with Gasteiger partial charge in [0.15, 0.2) is 0 Å². The molecule has 0 atom stereocenters. The fourth-order valence-electron chi connectivity index (χ4n) is 2.67. The highest BCUT2D eigenvalue weighted by atomic mass is 16.5. The number of carbonyl (C=O) groups is 2. The molecule has 0 bridgehead atoms. The Bertz CT molecular complexity index is 552. The number of benzene rings is 1. The molecule has 1 fully saturated rings. The molecule has 0 radical (unpaired) electrons. The molecule has 1 saturated heterocycles. The number of nitrogens with zero attached hydrogens (tertiary/aromatic N) is 2. The van der Waals surface area contributed by atoms with Crippen molar-refractivity contribution in [2.45, 2.75) is 33.1 Å². The van der Waals surface area contributed by atoms with E-state index in [2.05, 4.69) is 12.2 Å². The minimum Gasteiger partial charge on any atom is -0.494 e. The van der Waals surface area contributed by atoms with Crippen LogP contribution in [-0.2, 0) is 0 Å². The molecule has 6 heteroatoms. The van der Waals surface area contributed by atoms with E-state index < -0.39 is 0 Å². The maximum absolute atomic E-state index is 12.6. The van der Waals surface area contributed by atoms with Crippen LogP contribution >= 0.6 is 0 Å². The fraction of sp³-hybridized carbons (Fsp3) is 0.579. The molecule has 1 heterocycles. The first-order valence-corrected chi connectivity index (χ1v) is 9.20. The summed E-state index contributed by atoms with van der Waals surface area (Å²) >= 11 is 0. The summed E-state index contributed by atoms with van der Waals surface area (Å²) in [4.78, 5) is 28.1. The molecule has 1 aliphatic heterocycles. The standard InChI is InChI=1S/C19H29N3O3/c1-3-5-15-25-17-8-6-16(7-9-17)18(23)21-11-13-22(14-12-21)19(24)20-10-4-2/h6-9H,3-5,10-15H2,1-2H3,(H,20,24). The van der Waals surface area contributed by atoms with Crippen LogP contribution in [-0.4, -0.2) is 61.1 Å². The van der Waals surface area contributed by atoms with Gasteiger partial charge in [0.1, 0.15) is 5.75 Å². The van der Waals surface area contributed by atoms with Crippen molar-refractivity contribution in [2.24, 2.45) is 0 Å². The van der Waals surface area contributed by atoms with Gasteiger partial charge in [-0.05, 0) is 37.1 Å². The molecule has 25 heavy (non-hydrogen) atoms. The SMILES string of the molecule is CCCCOc1ccc(C(=O)N2CCN(C(=O)NCCC)CC2)cc1. The molecule has 3 amide bonds. The lowest BCUT2D eigenvalue weighted by Crippen LogP contribution is -2.53. The molecule has 138 valence electrons. The first-order chi connectivity index (χ1) is 12.2. The van der Waals surface area contributed by atoms with Gasteiger partial charge < -0.3 is 19.9 Å². The summed E-state index contributed by atoms with van der Waals surface area (Å²) in [7, 11) is 0. The second-order valence-electron chi connectivity index (χ2n) is 6.24. The number of ether oxygens (including phenoxy) is 1. The van der Waals surface area contributed by atoms with Crippen LogP contribution in [0.25, 0.3) is 0 Å². The Morgan fingerprint density at radius 1 is 1.00 bits per heavy atom. The minimum atomic E-state index is -0.0393. The summed E-state index contributed by atoms with van der Waals surface area (Å²) in [5.41, 5.74) is 0.659. The lowest BCUT2D eigenvalue weighted by molar-refractivity contribution is 0.0665. The Balaban J connectivity index is 1.82. The van der Waals surface area contributed by atoms with E-state index in [-0.39, 0.29) is 11.9 Å². The van der Waals surface area contributed by atoms with E-state index in [4.69, 9.17) is 4.74 Å². The number of unbranched alkanes of at least 4 members (excludes halogenated alkanes) is 1. The van der Waals surface area contributed by atoms with E-state index in [9.17, 15) is 9.59 Å². The summed E-state index contributed by atoms with van der Waals surface area (Å²) in [5.74, 6) is 0.802. The van der Waals surface area contributed by atoms with Crippen LogP contribution in [0.15, 0.2) is 24.3 Å². The number of urea groups is 1. The zero-order chi connectivity index (χ0) is 18.1. The van der Waals surface area contributed by atoms with Crippen molar-refractivity contribution >= 4 is 11.9 Å². The first-order valence-electron chi connectivity index (χ1n) is 9.20. The molecule has 0 saturated carbocycles. The molecular weight excluding hydrogens is 318 g/mol. The summed E-state index contributed by atoms with van der Waals surface area (Å²) in [6, 6.07) is 7.27. The molecule has 2 rings (SSSR count). The average molecular weight is 347 g/mol. The third-order valence-corrected chi connectivity index (χ3v) is 4.25. The van der Waals surface area contributed by atoms with E-state index in [1.54, 1.807) is 9.80 Å². The number of nitrogens with one attached hydrogen (secondary N) is 1. The Morgan fingerprint density at radius 3 is 2.24 bits per heavy atom. The van der Waals surface area contributed by atoms with E-state index in [1.807, 2.05) is 31.2 Å². The molecule has 1 aromatic carbocycles. The van der Waals surface area contributed by atoms with Crippen LogP contribution in [0.3, 0.4) is 0 Å². The van der Waals surface area contributed by atoms with Gasteiger partial charge in [-0.1, -0.05) is 20.3 Å². The predicted octanol–water partition coefficient (Wildman–Crippen LogP) is 2.74. The van der Waals surface area contributed by atoms with Crippen molar-refractivity contribution < 1.29 is 14.3 Å². The highest BCUT2D eigenvalue weighted by Gasteiger charge is 2.24. The highest BCUT2D eigenvalue weighted by Crippen LogP contribution is 2.15. The smallest absolute Gasteiger partial charge is 0.317 e. The van der Waals surface area contributed by atoms with Crippen molar-refractivity contribution in [1.82, 2.24) is 15.1 Å². The molecular formula is C19H29N3O3. The van der Waals surface area contributed by atoms with Crippen LogP contribution in [0.5, 0.6) is 5.75 Å². The number of hydrogen-bond donors (Lipinski definition) is 1. The number of rotatable bonds is 7. The summed E-state index contributed by atoms with van der Waals surface area (Å²) in [6.45, 7) is 7.80. The normalized spacial score (nSPS) is 14.3. The van der Waals surface area contributed by atoms with Crippen LogP contribution < -0.4 is 10.1 Å². The van der Waals surface area contributed by atoms with Crippen LogP contribution in [0, 0.1) is 0 Å². The molecule has 0 spiro atoms. The van der Waals surface area contributed by atoms with Crippen molar-refractivity contribution in [2.75, 3.05) is 39.3 Å². The van der Waals surface area contributed by atoms with Gasteiger partial charge in [0, 0.05) is 38.3 Å². The maximum atomic E-state index is 12.6. The van der Waals surface area contributed by atoms with Crippen LogP contribution in [0.4, 0.5) is 4.79 Å². The minimum absolute atomic E-state index is 0.00808. The Kier molecular flexibility index (Phi) is 7.57. The van der Waals surface area contributed by atoms with Gasteiger partial charge in [-0.2, -0.15) is 0 Å². The lowest BCUT2D eigenvalue weighted by Gasteiger charge is -2.34. The number of hydrogen-bond acceptors (Lipinski definition) is 3. The zero-order valence-electron chi connectivity index (χ0n) is 15.3. The van der Waals surface area contributed by atoms with Crippen LogP contribution in [0.2, 0.25) is 0 Å². The summed E-state index contributed by atoms with van der Waals surface area (Å²) in [6.07, 6.45) is 3.04. The van der Waals surface area contributed by atoms with Crippen LogP contribution in [0.1, 0.15) is 43.5 Å². The van der Waals surface area contributed by atoms with Gasteiger partial charge in [-0.15, -0.1) is 0 Å². The van der Waals surface area contributed by atoms with Gasteiger partial charge >= 0.3 is 6.03 Å². The third-order valence-electron chi connectivity index (χ3n) is 4.25. The van der Waals surface area contributed by atoms with Gasteiger partial charge in [0.2, 0.25) is 0 Å². The van der Waals surface area contributed by atoms with Crippen molar-refractivity contribution in [3.8, 4) is 5.75 Å². The monoisotopic (exact) mass is 347 g/mol. The quantitative estimate of drug-likeness (QED) is 0.772. The van der Waals surface area contributed by atoms with Crippen molar-refractivity contribution in [1.29, 1.82) is 0 Å². The van der Waals surface area contributed by atoms with Gasteiger partial charge in [-0.3, -0.25) is 4.79 Å². The maximum Gasteiger partial charge on any atom is 0.317 e. The van der Waals surface area contributed by atoms with E-state index >= 15 is 0 Å². The average Bonchev–Trinajstić information content (AvgIpc) is 2.66. The second-order valence-corrected chi connectivity index (χ2v) is 6.24. The Labute approximate surface area is 150 Å². The first kappa shape index (κ1) is 19.1. The number of piperazine rings is 1. The molecule has 0 aromatic heterocycles.